The number of esters is 2. The van der Waals surface area contributed by atoms with Gasteiger partial charge in [-0.1, -0.05) is 84.9 Å². The third-order valence-electron chi connectivity index (χ3n) is 6.49. The molecule has 0 aliphatic rings. The molecule has 0 fully saturated rings. The third kappa shape index (κ3) is 13.4. The number of amides is 4. The summed E-state index contributed by atoms with van der Waals surface area (Å²) in [6, 6.07) is 23.5. The smallest absolute Gasteiger partial charge is 0.329 e. The highest BCUT2D eigenvalue weighted by molar-refractivity contribution is 5.84. The number of hydrogen-bond donors (Lipinski definition) is 4. The summed E-state index contributed by atoms with van der Waals surface area (Å²) in [6.07, 6.45) is 0.590. The monoisotopic (exact) mass is 630 g/mol. The summed E-state index contributed by atoms with van der Waals surface area (Å²) in [5.74, 6) is -1.02. The van der Waals surface area contributed by atoms with Crippen LogP contribution in [-0.4, -0.2) is 47.3 Å². The molecule has 4 amide bonds. The van der Waals surface area contributed by atoms with E-state index in [9.17, 15) is 19.2 Å². The summed E-state index contributed by atoms with van der Waals surface area (Å²) in [5, 5.41) is 11.1. The van der Waals surface area contributed by atoms with Crippen molar-refractivity contribution in [3.05, 3.63) is 107 Å². The van der Waals surface area contributed by atoms with Crippen LogP contribution in [0.2, 0.25) is 0 Å². The molecule has 0 aliphatic heterocycles. The fourth-order valence-corrected chi connectivity index (χ4v) is 4.39. The number of ether oxygens (including phenoxy) is 2. The molecule has 0 aliphatic carbocycles. The van der Waals surface area contributed by atoms with Gasteiger partial charge in [-0.05, 0) is 63.8 Å². The highest BCUT2D eigenvalue weighted by Gasteiger charge is 2.28. The Morgan fingerprint density at radius 3 is 1.15 bits per heavy atom. The molecule has 3 aromatic carbocycles. The fourth-order valence-electron chi connectivity index (χ4n) is 4.39. The number of urea groups is 2. The third-order valence-corrected chi connectivity index (χ3v) is 6.49. The average molecular weight is 631 g/mol. The summed E-state index contributed by atoms with van der Waals surface area (Å²) in [7, 11) is 0. The van der Waals surface area contributed by atoms with Gasteiger partial charge < -0.3 is 30.7 Å². The summed E-state index contributed by atoms with van der Waals surface area (Å²) >= 11 is 0. The average Bonchev–Trinajstić information content (AvgIpc) is 2.98. The maximum absolute atomic E-state index is 12.8. The van der Waals surface area contributed by atoms with Crippen LogP contribution in [0.5, 0.6) is 0 Å². The second-order valence-electron chi connectivity index (χ2n) is 13.0. The molecule has 10 nitrogen and oxygen atoms in total. The second-order valence-corrected chi connectivity index (χ2v) is 13.0. The van der Waals surface area contributed by atoms with Crippen LogP contribution in [0.3, 0.4) is 0 Å². The van der Waals surface area contributed by atoms with Crippen molar-refractivity contribution in [2.45, 2.75) is 90.8 Å². The maximum atomic E-state index is 12.8. The molecular weight excluding hydrogens is 584 g/mol. The van der Waals surface area contributed by atoms with Crippen molar-refractivity contribution in [3.63, 3.8) is 0 Å². The van der Waals surface area contributed by atoms with Crippen molar-refractivity contribution >= 4 is 24.0 Å². The predicted octanol–water partition coefficient (Wildman–Crippen LogP) is 5.19. The van der Waals surface area contributed by atoms with Crippen LogP contribution in [0.4, 0.5) is 9.59 Å². The molecule has 3 aromatic rings. The summed E-state index contributed by atoms with van der Waals surface area (Å²) in [4.78, 5) is 51.1. The minimum absolute atomic E-state index is 0.226. The normalized spacial score (nSPS) is 12.7. The molecule has 0 bridgehead atoms. The largest absolute Gasteiger partial charge is 0.458 e. The Morgan fingerprint density at radius 1 is 0.522 bits per heavy atom. The van der Waals surface area contributed by atoms with Gasteiger partial charge in [0.1, 0.15) is 23.3 Å². The topological polar surface area (TPSA) is 135 Å². The van der Waals surface area contributed by atoms with E-state index in [1.807, 2.05) is 84.9 Å². The van der Waals surface area contributed by atoms with Crippen LogP contribution >= 0.6 is 0 Å². The summed E-state index contributed by atoms with van der Waals surface area (Å²) < 4.78 is 11.1. The standard InChI is InChI=1S/C36H46N4O6/c1-35(2,3)45-31(41)29(21-25-13-9-7-10-14-25)39-33(43)37-23-27-17-19-28(20-18-27)24-38-34(44)40-30(32(42)46-36(4,5)6)22-26-15-11-8-12-16-26/h7-20,29-30H,21-24H2,1-6H3,(H2,37,39,43)(H2,38,40,44)/t29-,30-/m0/s1. The molecule has 0 unspecified atom stereocenters. The minimum Gasteiger partial charge on any atom is -0.458 e. The van der Waals surface area contributed by atoms with Gasteiger partial charge in [-0.25, -0.2) is 19.2 Å². The van der Waals surface area contributed by atoms with Gasteiger partial charge in [0, 0.05) is 25.9 Å². The highest BCUT2D eigenvalue weighted by atomic mass is 16.6. The van der Waals surface area contributed by atoms with E-state index >= 15 is 0 Å². The van der Waals surface area contributed by atoms with Crippen molar-refractivity contribution in [1.29, 1.82) is 0 Å². The lowest BCUT2D eigenvalue weighted by molar-refractivity contribution is -0.158. The van der Waals surface area contributed by atoms with Gasteiger partial charge in [-0.3, -0.25) is 0 Å². The van der Waals surface area contributed by atoms with Crippen LogP contribution in [0.25, 0.3) is 0 Å². The van der Waals surface area contributed by atoms with Crippen molar-refractivity contribution in [2.75, 3.05) is 0 Å². The van der Waals surface area contributed by atoms with Crippen LogP contribution in [0.15, 0.2) is 84.9 Å². The van der Waals surface area contributed by atoms with E-state index in [0.29, 0.717) is 12.8 Å². The van der Waals surface area contributed by atoms with Crippen molar-refractivity contribution < 1.29 is 28.7 Å². The number of carbonyl (C=O) groups excluding carboxylic acids is 4. The molecule has 246 valence electrons. The maximum Gasteiger partial charge on any atom is 0.329 e. The molecule has 2 atom stereocenters. The van der Waals surface area contributed by atoms with E-state index in [4.69, 9.17) is 9.47 Å². The van der Waals surface area contributed by atoms with E-state index in [2.05, 4.69) is 21.3 Å². The first-order valence-electron chi connectivity index (χ1n) is 15.4. The van der Waals surface area contributed by atoms with Gasteiger partial charge in [0.2, 0.25) is 0 Å². The summed E-state index contributed by atoms with van der Waals surface area (Å²) in [5.41, 5.74) is 2.06. The Morgan fingerprint density at radius 2 is 0.848 bits per heavy atom. The van der Waals surface area contributed by atoms with E-state index in [1.165, 1.54) is 0 Å². The molecule has 46 heavy (non-hydrogen) atoms. The summed E-state index contributed by atoms with van der Waals surface area (Å²) in [6.45, 7) is 11.1. The molecule has 0 heterocycles. The SMILES string of the molecule is CC(C)(C)OC(=O)[C@H](Cc1ccccc1)NC(=O)NCc1ccc(CNC(=O)N[C@@H](Cc2ccccc2)C(=O)OC(C)(C)C)cc1. The predicted molar refractivity (Wildman–Crippen MR) is 177 cm³/mol. The van der Waals surface area contributed by atoms with Crippen molar-refractivity contribution in [1.82, 2.24) is 21.3 Å². The zero-order valence-electron chi connectivity index (χ0n) is 27.5. The Bertz CT molecular complexity index is 1320. The molecule has 3 rings (SSSR count). The number of hydrogen-bond acceptors (Lipinski definition) is 6. The van der Waals surface area contributed by atoms with E-state index < -0.39 is 47.3 Å². The highest BCUT2D eigenvalue weighted by Crippen LogP contribution is 2.13. The Labute approximate surface area is 271 Å². The van der Waals surface area contributed by atoms with Gasteiger partial charge in [0.05, 0.1) is 0 Å². The molecule has 10 heteroatoms. The Balaban J connectivity index is 1.51. The van der Waals surface area contributed by atoms with Gasteiger partial charge in [0.25, 0.3) is 0 Å². The molecule has 0 saturated carbocycles. The van der Waals surface area contributed by atoms with Crippen molar-refractivity contribution in [3.8, 4) is 0 Å². The first kappa shape index (κ1) is 35.6. The molecule has 0 spiro atoms. The van der Waals surface area contributed by atoms with E-state index in [1.54, 1.807) is 41.5 Å². The Hall–Kier alpha value is -4.86. The van der Waals surface area contributed by atoms with Crippen molar-refractivity contribution in [2.24, 2.45) is 0 Å². The molecule has 0 saturated heterocycles. The van der Waals surface area contributed by atoms with Crippen LogP contribution in [0, 0.1) is 0 Å². The first-order valence-corrected chi connectivity index (χ1v) is 15.4. The van der Waals surface area contributed by atoms with Crippen LogP contribution in [0.1, 0.15) is 63.8 Å². The lowest BCUT2D eigenvalue weighted by atomic mass is 10.1. The number of rotatable bonds is 12. The Kier molecular flexibility index (Phi) is 12.7. The van der Waals surface area contributed by atoms with Gasteiger partial charge >= 0.3 is 24.0 Å². The van der Waals surface area contributed by atoms with E-state index in [-0.39, 0.29) is 13.1 Å². The molecule has 4 N–H and O–H groups in total. The van der Waals surface area contributed by atoms with E-state index in [0.717, 1.165) is 22.3 Å². The number of nitrogens with one attached hydrogen (secondary N) is 4. The zero-order valence-corrected chi connectivity index (χ0v) is 27.5. The first-order chi connectivity index (χ1) is 21.7. The zero-order chi connectivity index (χ0) is 33.7. The molecule has 0 aromatic heterocycles. The molecule has 0 radical (unpaired) electrons. The number of benzene rings is 3. The minimum atomic E-state index is -0.858. The molecular formula is C36H46N4O6. The van der Waals surface area contributed by atoms with Gasteiger partial charge in [-0.15, -0.1) is 0 Å². The van der Waals surface area contributed by atoms with Crippen LogP contribution in [-0.2, 0) is 45.0 Å². The van der Waals surface area contributed by atoms with Crippen LogP contribution < -0.4 is 21.3 Å². The fraction of sp³-hybridized carbons (Fsp3) is 0.389. The van der Waals surface area contributed by atoms with Gasteiger partial charge in [-0.2, -0.15) is 0 Å². The van der Waals surface area contributed by atoms with Gasteiger partial charge in [0.15, 0.2) is 0 Å². The lowest BCUT2D eigenvalue weighted by Gasteiger charge is -2.25. The number of carbonyl (C=O) groups is 4. The second kappa shape index (κ2) is 16.5. The quantitative estimate of drug-likeness (QED) is 0.204. The lowest BCUT2D eigenvalue weighted by Crippen LogP contribution is -2.49.